The summed E-state index contributed by atoms with van der Waals surface area (Å²) < 4.78 is 13.4. The van der Waals surface area contributed by atoms with E-state index >= 15 is 0 Å². The van der Waals surface area contributed by atoms with Gasteiger partial charge >= 0.3 is 0 Å². The van der Waals surface area contributed by atoms with E-state index in [-0.39, 0.29) is 35.1 Å². The maximum absolute atomic E-state index is 13.4. The van der Waals surface area contributed by atoms with Crippen LogP contribution in [0.5, 0.6) is 5.75 Å². The lowest BCUT2D eigenvalue weighted by molar-refractivity contribution is 0.431. The van der Waals surface area contributed by atoms with Gasteiger partial charge in [0.25, 0.3) is 0 Å². The lowest BCUT2D eigenvalue weighted by atomic mass is 9.85. The smallest absolute Gasteiger partial charge is 0.191 e. The number of nitrogens with one attached hydrogen (secondary N) is 2. The summed E-state index contributed by atoms with van der Waals surface area (Å²) in [6, 6.07) is 14.6. The molecule has 0 aliphatic carbocycles. The molecule has 3 N–H and O–H groups in total. The van der Waals surface area contributed by atoms with Crippen LogP contribution in [0.1, 0.15) is 25.0 Å². The molecule has 0 spiro atoms. The molecular formula is C19H25FIN3O. The Hall–Kier alpha value is -1.83. The molecule has 2 aromatic carbocycles. The summed E-state index contributed by atoms with van der Waals surface area (Å²) in [7, 11) is 1.70. The van der Waals surface area contributed by atoms with Crippen LogP contribution in [0.2, 0.25) is 0 Å². The van der Waals surface area contributed by atoms with E-state index in [9.17, 15) is 9.50 Å². The topological polar surface area (TPSA) is 56.7 Å². The Labute approximate surface area is 165 Å². The van der Waals surface area contributed by atoms with Gasteiger partial charge in [-0.1, -0.05) is 50.2 Å². The quantitative estimate of drug-likeness (QED) is 0.364. The van der Waals surface area contributed by atoms with Crippen molar-refractivity contribution in [3.05, 3.63) is 65.5 Å². The summed E-state index contributed by atoms with van der Waals surface area (Å²) >= 11 is 0. The summed E-state index contributed by atoms with van der Waals surface area (Å²) in [6.45, 7) is 5.46. The predicted octanol–water partition coefficient (Wildman–Crippen LogP) is 3.79. The molecule has 0 aromatic heterocycles. The molecule has 0 amide bonds. The summed E-state index contributed by atoms with van der Waals surface area (Å²) in [6.07, 6.45) is 0. The van der Waals surface area contributed by atoms with Gasteiger partial charge in [-0.25, -0.2) is 4.39 Å². The van der Waals surface area contributed by atoms with Crippen LogP contribution in [0.15, 0.2) is 53.5 Å². The lowest BCUT2D eigenvalue weighted by Crippen LogP contribution is -2.43. The first kappa shape index (κ1) is 21.2. The van der Waals surface area contributed by atoms with Gasteiger partial charge in [0.15, 0.2) is 17.5 Å². The van der Waals surface area contributed by atoms with Crippen LogP contribution >= 0.6 is 24.0 Å². The second-order valence-corrected chi connectivity index (χ2v) is 6.31. The first-order valence-corrected chi connectivity index (χ1v) is 7.90. The molecule has 0 heterocycles. The van der Waals surface area contributed by atoms with Gasteiger partial charge in [0, 0.05) is 25.6 Å². The van der Waals surface area contributed by atoms with Crippen molar-refractivity contribution >= 4 is 29.9 Å². The summed E-state index contributed by atoms with van der Waals surface area (Å²) in [5.74, 6) is -0.319. The number of rotatable bonds is 5. The first-order chi connectivity index (χ1) is 11.4. The second-order valence-electron chi connectivity index (χ2n) is 6.31. The number of phenols is 1. The van der Waals surface area contributed by atoms with E-state index in [1.165, 1.54) is 17.7 Å². The molecule has 0 aliphatic rings. The second kappa shape index (κ2) is 9.60. The molecule has 0 atom stereocenters. The molecule has 0 saturated heterocycles. The van der Waals surface area contributed by atoms with Crippen molar-refractivity contribution in [2.75, 3.05) is 13.6 Å². The average molecular weight is 457 g/mol. The Balaban J connectivity index is 0.00000312. The van der Waals surface area contributed by atoms with Crippen molar-refractivity contribution in [1.82, 2.24) is 10.6 Å². The van der Waals surface area contributed by atoms with E-state index in [2.05, 4.69) is 41.6 Å². The van der Waals surface area contributed by atoms with Crippen LogP contribution in [0.25, 0.3) is 0 Å². The van der Waals surface area contributed by atoms with Gasteiger partial charge < -0.3 is 15.7 Å². The van der Waals surface area contributed by atoms with Crippen LogP contribution in [-0.2, 0) is 12.0 Å². The SMILES string of the molecule is CN=C(NCc1ccc(O)c(F)c1)NCC(C)(C)c1ccccc1.I. The lowest BCUT2D eigenvalue weighted by Gasteiger charge is -2.26. The molecule has 6 heteroatoms. The molecule has 0 saturated carbocycles. The number of hydrogen-bond acceptors (Lipinski definition) is 2. The van der Waals surface area contributed by atoms with Gasteiger partial charge in [-0.15, -0.1) is 24.0 Å². The maximum Gasteiger partial charge on any atom is 0.191 e. The molecule has 4 nitrogen and oxygen atoms in total. The Kier molecular flexibility index (Phi) is 8.15. The third kappa shape index (κ3) is 6.19. The van der Waals surface area contributed by atoms with E-state index < -0.39 is 5.82 Å². The molecule has 2 rings (SSSR count). The van der Waals surface area contributed by atoms with Gasteiger partial charge in [0.05, 0.1) is 0 Å². The fourth-order valence-electron chi connectivity index (χ4n) is 2.36. The van der Waals surface area contributed by atoms with Crippen molar-refractivity contribution < 1.29 is 9.50 Å². The van der Waals surface area contributed by atoms with Crippen molar-refractivity contribution in [2.45, 2.75) is 25.8 Å². The standard InChI is InChI=1S/C19H24FN3O.HI/c1-19(2,15-7-5-4-6-8-15)13-23-18(21-3)22-12-14-9-10-17(24)16(20)11-14;/h4-11,24H,12-13H2,1-3H3,(H2,21,22,23);1H. The Bertz CT molecular complexity index is 705. The first-order valence-electron chi connectivity index (χ1n) is 7.90. The van der Waals surface area contributed by atoms with E-state index in [4.69, 9.17) is 0 Å². The minimum Gasteiger partial charge on any atom is -0.505 e. The van der Waals surface area contributed by atoms with E-state index in [1.807, 2.05) is 18.2 Å². The zero-order valence-electron chi connectivity index (χ0n) is 14.7. The van der Waals surface area contributed by atoms with Crippen LogP contribution in [0, 0.1) is 5.82 Å². The van der Waals surface area contributed by atoms with Gasteiger partial charge in [0.2, 0.25) is 0 Å². The predicted molar refractivity (Wildman–Crippen MR) is 111 cm³/mol. The average Bonchev–Trinajstić information content (AvgIpc) is 2.59. The highest BCUT2D eigenvalue weighted by atomic mass is 127. The Morgan fingerprint density at radius 2 is 1.80 bits per heavy atom. The van der Waals surface area contributed by atoms with Gasteiger partial charge in [0.1, 0.15) is 0 Å². The number of guanidine groups is 1. The number of aromatic hydroxyl groups is 1. The van der Waals surface area contributed by atoms with Crippen LogP contribution in [0.4, 0.5) is 4.39 Å². The minimum atomic E-state index is -0.623. The fourth-order valence-corrected chi connectivity index (χ4v) is 2.36. The van der Waals surface area contributed by atoms with Crippen LogP contribution in [-0.4, -0.2) is 24.7 Å². The highest BCUT2D eigenvalue weighted by Gasteiger charge is 2.20. The maximum atomic E-state index is 13.4. The summed E-state index contributed by atoms with van der Waals surface area (Å²) in [5.41, 5.74) is 1.92. The number of phenolic OH excluding ortho intramolecular Hbond substituents is 1. The van der Waals surface area contributed by atoms with Crippen molar-refractivity contribution in [1.29, 1.82) is 0 Å². The zero-order valence-corrected chi connectivity index (χ0v) is 17.0. The van der Waals surface area contributed by atoms with Gasteiger partial charge in [-0.05, 0) is 23.3 Å². The Morgan fingerprint density at radius 1 is 1.12 bits per heavy atom. The highest BCUT2D eigenvalue weighted by molar-refractivity contribution is 14.0. The van der Waals surface area contributed by atoms with E-state index in [1.54, 1.807) is 13.1 Å². The largest absolute Gasteiger partial charge is 0.505 e. The minimum absolute atomic E-state index is 0. The van der Waals surface area contributed by atoms with Crippen molar-refractivity contribution in [3.63, 3.8) is 0 Å². The Morgan fingerprint density at radius 3 is 2.40 bits per heavy atom. The number of halogens is 2. The summed E-state index contributed by atoms with van der Waals surface area (Å²) in [4.78, 5) is 4.19. The molecule has 25 heavy (non-hydrogen) atoms. The zero-order chi connectivity index (χ0) is 17.6. The molecule has 0 radical (unpaired) electrons. The number of nitrogens with zero attached hydrogens (tertiary/aromatic N) is 1. The van der Waals surface area contributed by atoms with Gasteiger partial charge in [-0.2, -0.15) is 0 Å². The molecule has 0 unspecified atom stereocenters. The number of benzene rings is 2. The monoisotopic (exact) mass is 457 g/mol. The van der Waals surface area contributed by atoms with Crippen molar-refractivity contribution in [2.24, 2.45) is 4.99 Å². The molecule has 2 aromatic rings. The third-order valence-corrected chi connectivity index (χ3v) is 3.95. The summed E-state index contributed by atoms with van der Waals surface area (Å²) in [5, 5.41) is 15.7. The van der Waals surface area contributed by atoms with Gasteiger partial charge in [-0.3, -0.25) is 4.99 Å². The molecule has 0 bridgehead atoms. The number of aliphatic imine (C=N–C) groups is 1. The molecule has 0 fully saturated rings. The van der Waals surface area contributed by atoms with Crippen molar-refractivity contribution in [3.8, 4) is 5.75 Å². The fraction of sp³-hybridized carbons (Fsp3) is 0.316. The number of hydrogen-bond donors (Lipinski definition) is 3. The van der Waals surface area contributed by atoms with E-state index in [0.29, 0.717) is 19.0 Å². The van der Waals surface area contributed by atoms with E-state index in [0.717, 1.165) is 5.56 Å². The molecular weight excluding hydrogens is 432 g/mol. The molecule has 0 aliphatic heterocycles. The van der Waals surface area contributed by atoms with Crippen LogP contribution < -0.4 is 10.6 Å². The third-order valence-electron chi connectivity index (χ3n) is 3.95. The normalized spacial score (nSPS) is 11.6. The highest BCUT2D eigenvalue weighted by Crippen LogP contribution is 2.21. The van der Waals surface area contributed by atoms with Crippen LogP contribution in [0.3, 0.4) is 0 Å². The molecule has 136 valence electrons.